The van der Waals surface area contributed by atoms with E-state index in [1.807, 2.05) is 4.57 Å². The van der Waals surface area contributed by atoms with Gasteiger partial charge in [-0.1, -0.05) is 18.2 Å². The number of nitrogens with zero attached hydrogens (tertiary/aromatic N) is 1. The zero-order valence-electron chi connectivity index (χ0n) is 13.7. The van der Waals surface area contributed by atoms with Gasteiger partial charge in [-0.2, -0.15) is 0 Å². The minimum absolute atomic E-state index is 0.237. The molecule has 0 spiro atoms. The van der Waals surface area contributed by atoms with E-state index in [1.54, 1.807) is 30.3 Å². The number of rotatable bonds is 5. The molecule has 0 aliphatic heterocycles. The van der Waals surface area contributed by atoms with Crippen LogP contribution >= 0.6 is 11.9 Å². The largest absolute Gasteiger partial charge is 0.398 e. The van der Waals surface area contributed by atoms with Gasteiger partial charge in [0.25, 0.3) is 0 Å². The van der Waals surface area contributed by atoms with Crippen molar-refractivity contribution >= 4 is 34.9 Å². The Hall–Kier alpha value is -2.80. The highest BCUT2D eigenvalue weighted by atomic mass is 32.2. The number of anilines is 1. The first kappa shape index (κ1) is 16.7. The van der Waals surface area contributed by atoms with Crippen molar-refractivity contribution < 1.29 is 9.18 Å². The highest BCUT2D eigenvalue weighted by molar-refractivity contribution is 7.97. The molecule has 0 radical (unpaired) electrons. The van der Waals surface area contributed by atoms with Crippen LogP contribution in [0.5, 0.6) is 0 Å². The minimum atomic E-state index is -0.485. The number of carbonyl (C=O) groups is 1. The Kier molecular flexibility index (Phi) is 4.16. The average Bonchev–Trinajstić information content (AvgIpc) is 3.45. The molecular formula is C19H16FN3O2S. The first-order chi connectivity index (χ1) is 12.6. The molecule has 26 heavy (non-hydrogen) atoms. The van der Waals surface area contributed by atoms with E-state index >= 15 is 0 Å². The molecule has 1 fully saturated rings. The minimum Gasteiger partial charge on any atom is -0.398 e. The molecule has 2 aromatic carbocycles. The Morgan fingerprint density at radius 1 is 1.19 bits per heavy atom. The van der Waals surface area contributed by atoms with E-state index in [0.29, 0.717) is 39.2 Å². The standard InChI is InChI=1S/C19H16FN3O2S/c20-15-7-14-17(8-13(15)12-3-1-2-4-16(12)21)23(11-5-6-11)19(9-18(14)25)26-22-10-24/h1-4,7-11H,5-6,21H2,(H,22,24). The number of aromatic nitrogens is 1. The summed E-state index contributed by atoms with van der Waals surface area (Å²) in [5.41, 5.74) is 7.80. The number of para-hydroxylation sites is 1. The molecule has 0 saturated heterocycles. The molecule has 1 amide bonds. The molecule has 1 saturated carbocycles. The summed E-state index contributed by atoms with van der Waals surface area (Å²) >= 11 is 1.08. The fourth-order valence-corrected chi connectivity index (χ4v) is 3.84. The van der Waals surface area contributed by atoms with E-state index in [4.69, 9.17) is 5.73 Å². The van der Waals surface area contributed by atoms with Crippen molar-refractivity contribution in [2.24, 2.45) is 0 Å². The number of carbonyl (C=O) groups excluding carboxylic acids is 1. The summed E-state index contributed by atoms with van der Waals surface area (Å²) in [6.07, 6.45) is 2.52. The number of nitrogen functional groups attached to an aromatic ring is 1. The van der Waals surface area contributed by atoms with Crippen molar-refractivity contribution in [1.29, 1.82) is 0 Å². The first-order valence-electron chi connectivity index (χ1n) is 8.20. The number of benzene rings is 2. The number of fused-ring (bicyclic) bond motifs is 1. The highest BCUT2D eigenvalue weighted by Gasteiger charge is 2.28. The maximum Gasteiger partial charge on any atom is 0.217 e. The van der Waals surface area contributed by atoms with Gasteiger partial charge < -0.3 is 10.3 Å². The number of hydrogen-bond donors (Lipinski definition) is 2. The topological polar surface area (TPSA) is 77.1 Å². The normalized spacial score (nSPS) is 13.7. The Morgan fingerprint density at radius 2 is 1.96 bits per heavy atom. The van der Waals surface area contributed by atoms with E-state index in [-0.39, 0.29) is 11.5 Å². The van der Waals surface area contributed by atoms with Crippen molar-refractivity contribution in [3.63, 3.8) is 0 Å². The second kappa shape index (κ2) is 6.49. The van der Waals surface area contributed by atoms with Crippen molar-refractivity contribution in [3.05, 3.63) is 58.5 Å². The zero-order valence-corrected chi connectivity index (χ0v) is 14.6. The van der Waals surface area contributed by atoms with Crippen LogP contribution in [-0.4, -0.2) is 11.0 Å². The molecule has 4 rings (SSSR count). The summed E-state index contributed by atoms with van der Waals surface area (Å²) in [7, 11) is 0. The molecule has 1 heterocycles. The molecule has 1 aliphatic rings. The van der Waals surface area contributed by atoms with Crippen LogP contribution in [0.3, 0.4) is 0 Å². The van der Waals surface area contributed by atoms with Gasteiger partial charge >= 0.3 is 0 Å². The van der Waals surface area contributed by atoms with E-state index < -0.39 is 5.82 Å². The molecule has 5 nitrogen and oxygen atoms in total. The summed E-state index contributed by atoms with van der Waals surface area (Å²) in [5, 5.41) is 0.957. The number of pyridine rings is 1. The van der Waals surface area contributed by atoms with Crippen LogP contribution in [0.4, 0.5) is 10.1 Å². The maximum atomic E-state index is 14.7. The molecule has 0 atom stereocenters. The first-order valence-corrected chi connectivity index (χ1v) is 9.01. The summed E-state index contributed by atoms with van der Waals surface area (Å²) in [5.74, 6) is -0.485. The van der Waals surface area contributed by atoms with Crippen LogP contribution in [0.15, 0.2) is 52.3 Å². The summed E-state index contributed by atoms with van der Waals surface area (Å²) < 4.78 is 19.3. The van der Waals surface area contributed by atoms with E-state index in [0.717, 1.165) is 24.8 Å². The zero-order chi connectivity index (χ0) is 18.3. The second-order valence-electron chi connectivity index (χ2n) is 6.22. The van der Waals surface area contributed by atoms with Crippen LogP contribution < -0.4 is 15.9 Å². The van der Waals surface area contributed by atoms with Gasteiger partial charge in [-0.3, -0.25) is 14.3 Å². The lowest BCUT2D eigenvalue weighted by Crippen LogP contribution is -2.13. The lowest BCUT2D eigenvalue weighted by Gasteiger charge is -2.17. The molecule has 0 bridgehead atoms. The third kappa shape index (κ3) is 2.84. The predicted octanol–water partition coefficient (Wildman–Crippen LogP) is 3.48. The third-order valence-electron chi connectivity index (χ3n) is 4.48. The van der Waals surface area contributed by atoms with Crippen molar-refractivity contribution in [3.8, 4) is 11.1 Å². The van der Waals surface area contributed by atoms with Gasteiger partial charge in [0.15, 0.2) is 5.43 Å². The Bertz CT molecular complexity index is 1080. The van der Waals surface area contributed by atoms with E-state index in [2.05, 4.69) is 4.72 Å². The van der Waals surface area contributed by atoms with Crippen LogP contribution in [-0.2, 0) is 4.79 Å². The predicted molar refractivity (Wildman–Crippen MR) is 101 cm³/mol. The molecule has 7 heteroatoms. The Labute approximate surface area is 153 Å². The quantitative estimate of drug-likeness (QED) is 0.410. The summed E-state index contributed by atoms with van der Waals surface area (Å²) in [6.45, 7) is 0. The molecule has 3 aromatic rings. The highest BCUT2D eigenvalue weighted by Crippen LogP contribution is 2.41. The Morgan fingerprint density at radius 3 is 2.65 bits per heavy atom. The number of nitrogens with two attached hydrogens (primary N) is 1. The monoisotopic (exact) mass is 369 g/mol. The van der Waals surface area contributed by atoms with Gasteiger partial charge in [0.05, 0.1) is 5.52 Å². The van der Waals surface area contributed by atoms with Gasteiger partial charge in [-0.05, 0) is 31.0 Å². The van der Waals surface area contributed by atoms with E-state index in [9.17, 15) is 14.0 Å². The van der Waals surface area contributed by atoms with E-state index in [1.165, 1.54) is 12.1 Å². The summed E-state index contributed by atoms with van der Waals surface area (Å²) in [4.78, 5) is 23.2. The fraction of sp³-hybridized carbons (Fsp3) is 0.158. The second-order valence-corrected chi connectivity index (χ2v) is 7.08. The Balaban J connectivity index is 2.01. The smallest absolute Gasteiger partial charge is 0.217 e. The number of amides is 1. The van der Waals surface area contributed by atoms with Crippen molar-refractivity contribution in [2.75, 3.05) is 5.73 Å². The van der Waals surface area contributed by atoms with Crippen molar-refractivity contribution in [2.45, 2.75) is 23.9 Å². The van der Waals surface area contributed by atoms with Crippen LogP contribution in [0, 0.1) is 5.82 Å². The molecule has 1 aromatic heterocycles. The SMILES string of the molecule is Nc1ccccc1-c1cc2c(cc1F)c(=O)cc(SNC=O)n2C1CC1. The van der Waals surface area contributed by atoms with Crippen LogP contribution in [0.25, 0.3) is 22.0 Å². The molecule has 0 unspecified atom stereocenters. The molecular weight excluding hydrogens is 353 g/mol. The molecule has 3 N–H and O–H groups in total. The summed E-state index contributed by atoms with van der Waals surface area (Å²) in [6, 6.07) is 11.7. The van der Waals surface area contributed by atoms with Gasteiger partial charge in [0.2, 0.25) is 6.41 Å². The van der Waals surface area contributed by atoms with Crippen LogP contribution in [0.1, 0.15) is 18.9 Å². The average molecular weight is 369 g/mol. The molecule has 132 valence electrons. The van der Waals surface area contributed by atoms with Crippen LogP contribution in [0.2, 0.25) is 0 Å². The lowest BCUT2D eigenvalue weighted by molar-refractivity contribution is -0.107. The van der Waals surface area contributed by atoms with Crippen molar-refractivity contribution in [1.82, 2.24) is 9.29 Å². The van der Waals surface area contributed by atoms with Gasteiger partial charge in [0, 0.05) is 46.3 Å². The lowest BCUT2D eigenvalue weighted by atomic mass is 10.0. The third-order valence-corrected chi connectivity index (χ3v) is 5.21. The maximum absolute atomic E-state index is 14.7. The number of nitrogens with one attached hydrogen (secondary N) is 1. The fourth-order valence-electron chi connectivity index (χ4n) is 3.16. The van der Waals surface area contributed by atoms with Gasteiger partial charge in [-0.25, -0.2) is 4.39 Å². The van der Waals surface area contributed by atoms with Gasteiger partial charge in [-0.15, -0.1) is 0 Å². The number of halogens is 1. The molecule has 1 aliphatic carbocycles. The number of hydrogen-bond acceptors (Lipinski definition) is 4. The van der Waals surface area contributed by atoms with Gasteiger partial charge in [0.1, 0.15) is 10.8 Å².